The Morgan fingerprint density at radius 1 is 1.25 bits per heavy atom. The van der Waals surface area contributed by atoms with Crippen molar-refractivity contribution in [2.24, 2.45) is 5.92 Å². The Morgan fingerprint density at radius 3 is 2.67 bits per heavy atom. The lowest BCUT2D eigenvalue weighted by Gasteiger charge is -2.29. The number of amides is 3. The van der Waals surface area contributed by atoms with E-state index in [1.165, 1.54) is 12.8 Å². The van der Waals surface area contributed by atoms with Crippen LogP contribution in [-0.2, 0) is 4.79 Å². The normalized spacial score (nSPS) is 18.5. The van der Waals surface area contributed by atoms with Crippen molar-refractivity contribution in [3.63, 3.8) is 0 Å². The lowest BCUT2D eigenvalue weighted by Crippen LogP contribution is -2.58. The topological polar surface area (TPSA) is 70.2 Å². The lowest BCUT2D eigenvalue weighted by molar-refractivity contribution is -0.127. The highest BCUT2D eigenvalue weighted by atomic mass is 16.2. The van der Waals surface area contributed by atoms with Gasteiger partial charge in [-0.1, -0.05) is 24.8 Å². The first-order chi connectivity index (χ1) is 11.6. The molecule has 0 aromatic heterocycles. The van der Waals surface area contributed by atoms with Crippen LogP contribution in [-0.4, -0.2) is 24.0 Å². The summed E-state index contributed by atoms with van der Waals surface area (Å²) in [5.74, 6) is 3.10. The molecule has 3 amide bonds. The van der Waals surface area contributed by atoms with E-state index in [0.29, 0.717) is 36.6 Å². The zero-order valence-corrected chi connectivity index (χ0v) is 13.7. The van der Waals surface area contributed by atoms with Crippen LogP contribution in [0.15, 0.2) is 24.3 Å². The molecule has 3 N–H and O–H groups in total. The largest absolute Gasteiger partial charge is 0.354 e. The van der Waals surface area contributed by atoms with Crippen LogP contribution < -0.4 is 16.0 Å². The monoisotopic (exact) mass is 325 g/mol. The highest BCUT2D eigenvalue weighted by Crippen LogP contribution is 2.31. The van der Waals surface area contributed by atoms with Crippen molar-refractivity contribution in [1.29, 1.82) is 0 Å². The predicted octanol–water partition coefficient (Wildman–Crippen LogP) is 2.63. The molecule has 0 unspecified atom stereocenters. The average Bonchev–Trinajstić information content (AvgIpc) is 3.30. The molecule has 0 bridgehead atoms. The van der Waals surface area contributed by atoms with Crippen molar-refractivity contribution in [1.82, 2.24) is 10.6 Å². The molecule has 2 aliphatic carbocycles. The molecule has 0 atom stereocenters. The molecule has 0 aliphatic heterocycles. The summed E-state index contributed by atoms with van der Waals surface area (Å²) in [5.41, 5.74) is 0.530. The Labute approximate surface area is 142 Å². The van der Waals surface area contributed by atoms with Crippen LogP contribution in [0.25, 0.3) is 0 Å². The van der Waals surface area contributed by atoms with Gasteiger partial charge in [-0.05, 0) is 49.8 Å². The van der Waals surface area contributed by atoms with Gasteiger partial charge in [0.05, 0.1) is 0 Å². The maximum atomic E-state index is 12.6. The first kappa shape index (κ1) is 16.4. The molecule has 1 aromatic rings. The summed E-state index contributed by atoms with van der Waals surface area (Å²) in [5, 5.41) is 8.69. The summed E-state index contributed by atoms with van der Waals surface area (Å²) < 4.78 is 0. The summed E-state index contributed by atoms with van der Waals surface area (Å²) in [7, 11) is 0. The smallest absolute Gasteiger partial charge is 0.320 e. The number of carbonyl (C=O) groups is 2. The summed E-state index contributed by atoms with van der Waals surface area (Å²) >= 11 is 0. The van der Waals surface area contributed by atoms with Crippen molar-refractivity contribution in [3.05, 3.63) is 29.8 Å². The van der Waals surface area contributed by atoms with Gasteiger partial charge in [-0.15, -0.1) is 6.42 Å². The Morgan fingerprint density at radius 2 is 2.00 bits per heavy atom. The van der Waals surface area contributed by atoms with Crippen molar-refractivity contribution >= 4 is 17.6 Å². The Hall–Kier alpha value is -2.48. The molecule has 2 saturated carbocycles. The Balaban J connectivity index is 1.62. The van der Waals surface area contributed by atoms with E-state index >= 15 is 0 Å². The van der Waals surface area contributed by atoms with Crippen LogP contribution in [0, 0.1) is 18.3 Å². The van der Waals surface area contributed by atoms with E-state index in [1.807, 2.05) is 0 Å². The van der Waals surface area contributed by atoms with Gasteiger partial charge in [0.1, 0.15) is 5.54 Å². The molecule has 3 rings (SSSR count). The molecule has 5 heteroatoms. The molecular formula is C19H23N3O2. The molecule has 0 spiro atoms. The van der Waals surface area contributed by atoms with E-state index in [1.54, 1.807) is 24.3 Å². The predicted molar refractivity (Wildman–Crippen MR) is 93.5 cm³/mol. The number of hydrogen-bond acceptors (Lipinski definition) is 2. The second kappa shape index (κ2) is 6.96. The minimum atomic E-state index is -0.789. The van der Waals surface area contributed by atoms with Crippen LogP contribution in [0.1, 0.15) is 44.1 Å². The van der Waals surface area contributed by atoms with Crippen molar-refractivity contribution < 1.29 is 9.59 Å². The van der Waals surface area contributed by atoms with Gasteiger partial charge in [0.2, 0.25) is 5.91 Å². The SMILES string of the molecule is C#Cc1cccc(NC(=O)NC2(C(=O)NCC3CC3)CCCC2)c1. The molecule has 126 valence electrons. The van der Waals surface area contributed by atoms with Gasteiger partial charge < -0.3 is 16.0 Å². The zero-order valence-electron chi connectivity index (χ0n) is 13.7. The third-order valence-electron chi connectivity index (χ3n) is 4.78. The van der Waals surface area contributed by atoms with E-state index in [-0.39, 0.29) is 11.9 Å². The molecular weight excluding hydrogens is 302 g/mol. The second-order valence-corrected chi connectivity index (χ2v) is 6.75. The minimum Gasteiger partial charge on any atom is -0.354 e. The molecule has 0 radical (unpaired) electrons. The van der Waals surface area contributed by atoms with Crippen LogP contribution in [0.3, 0.4) is 0 Å². The van der Waals surface area contributed by atoms with Gasteiger partial charge in [0.25, 0.3) is 0 Å². The quantitative estimate of drug-likeness (QED) is 0.728. The zero-order chi connectivity index (χ0) is 17.0. The number of hydrogen-bond donors (Lipinski definition) is 3. The number of terminal acetylenes is 1. The highest BCUT2D eigenvalue weighted by molar-refractivity contribution is 5.96. The molecule has 0 heterocycles. The van der Waals surface area contributed by atoms with Gasteiger partial charge in [0.15, 0.2) is 0 Å². The minimum absolute atomic E-state index is 0.0561. The second-order valence-electron chi connectivity index (χ2n) is 6.75. The van der Waals surface area contributed by atoms with Gasteiger partial charge in [-0.3, -0.25) is 4.79 Å². The third kappa shape index (κ3) is 3.88. The summed E-state index contributed by atoms with van der Waals surface area (Å²) in [6.45, 7) is 0.716. The standard InChI is InChI=1S/C19H23N3O2/c1-2-14-6-5-7-16(12-14)21-18(24)22-19(10-3-4-11-19)17(23)20-13-15-8-9-15/h1,5-7,12,15H,3-4,8-11,13H2,(H,20,23)(H2,21,22,24). The van der Waals surface area contributed by atoms with Gasteiger partial charge in [0, 0.05) is 17.8 Å². The third-order valence-corrected chi connectivity index (χ3v) is 4.78. The van der Waals surface area contributed by atoms with Crippen molar-refractivity contribution in [2.45, 2.75) is 44.1 Å². The van der Waals surface area contributed by atoms with Crippen LogP contribution in [0.2, 0.25) is 0 Å². The van der Waals surface area contributed by atoms with Crippen LogP contribution in [0.4, 0.5) is 10.5 Å². The number of nitrogens with one attached hydrogen (secondary N) is 3. The van der Waals surface area contributed by atoms with Crippen LogP contribution >= 0.6 is 0 Å². The highest BCUT2D eigenvalue weighted by Gasteiger charge is 2.42. The number of benzene rings is 1. The fraction of sp³-hybridized carbons (Fsp3) is 0.474. The molecule has 1 aromatic carbocycles. The lowest BCUT2D eigenvalue weighted by atomic mass is 9.96. The number of urea groups is 1. The van der Waals surface area contributed by atoms with E-state index in [2.05, 4.69) is 21.9 Å². The first-order valence-electron chi connectivity index (χ1n) is 8.55. The van der Waals surface area contributed by atoms with Crippen LogP contribution in [0.5, 0.6) is 0 Å². The van der Waals surface area contributed by atoms with Crippen molar-refractivity contribution in [2.75, 3.05) is 11.9 Å². The fourth-order valence-electron chi connectivity index (χ4n) is 3.18. The average molecular weight is 325 g/mol. The maximum absolute atomic E-state index is 12.6. The molecule has 2 fully saturated rings. The van der Waals surface area contributed by atoms with E-state index < -0.39 is 5.54 Å². The molecule has 0 saturated heterocycles. The summed E-state index contributed by atoms with van der Waals surface area (Å²) in [6.07, 6.45) is 11.0. The fourth-order valence-corrected chi connectivity index (χ4v) is 3.18. The molecule has 5 nitrogen and oxygen atoms in total. The molecule has 2 aliphatic rings. The first-order valence-corrected chi connectivity index (χ1v) is 8.55. The van der Waals surface area contributed by atoms with Gasteiger partial charge in [-0.25, -0.2) is 4.79 Å². The Bertz CT molecular complexity index is 667. The Kier molecular flexibility index (Phi) is 4.75. The summed E-state index contributed by atoms with van der Waals surface area (Å²) in [4.78, 5) is 25.0. The van der Waals surface area contributed by atoms with E-state index in [0.717, 1.165) is 12.8 Å². The van der Waals surface area contributed by atoms with Crippen molar-refractivity contribution in [3.8, 4) is 12.3 Å². The maximum Gasteiger partial charge on any atom is 0.320 e. The number of carbonyl (C=O) groups excluding carboxylic acids is 2. The molecule has 24 heavy (non-hydrogen) atoms. The van der Waals surface area contributed by atoms with E-state index in [9.17, 15) is 9.59 Å². The van der Waals surface area contributed by atoms with Gasteiger partial charge >= 0.3 is 6.03 Å². The summed E-state index contributed by atoms with van der Waals surface area (Å²) in [6, 6.07) is 6.72. The van der Waals surface area contributed by atoms with E-state index in [4.69, 9.17) is 6.42 Å². The van der Waals surface area contributed by atoms with Gasteiger partial charge in [-0.2, -0.15) is 0 Å². The number of rotatable bonds is 5. The number of anilines is 1.